The fourth-order valence-electron chi connectivity index (χ4n) is 5.71. The van der Waals surface area contributed by atoms with Crippen LogP contribution in [0.1, 0.15) is 46.1 Å². The summed E-state index contributed by atoms with van der Waals surface area (Å²) in [6, 6.07) is 9.85. The van der Waals surface area contributed by atoms with Gasteiger partial charge in [-0.15, -0.1) is 6.58 Å². The third-order valence-corrected chi connectivity index (χ3v) is 7.32. The summed E-state index contributed by atoms with van der Waals surface area (Å²) in [5.74, 6) is -1.70. The summed E-state index contributed by atoms with van der Waals surface area (Å²) in [4.78, 5) is 10.7. The molecule has 0 radical (unpaired) electrons. The van der Waals surface area contributed by atoms with Crippen LogP contribution in [0.3, 0.4) is 0 Å². The van der Waals surface area contributed by atoms with Gasteiger partial charge >= 0.3 is 0 Å². The van der Waals surface area contributed by atoms with Crippen molar-refractivity contribution in [3.05, 3.63) is 58.7 Å². The fourth-order valence-corrected chi connectivity index (χ4v) is 5.71. The van der Waals surface area contributed by atoms with Gasteiger partial charge in [0.05, 0.1) is 19.3 Å². The minimum Gasteiger partial charge on any atom is -0.370 e. The SMILES string of the molecule is C=CC[C@@]1(OCc2ccccc2)[C@@H](CO[C@@H]2[C@H]3OC(C)(C)O[C@H]3O[C@@H]2CC[N+](=O)[O-])O[C@@H]2OC(C)(C)O[C@@H]21. The van der Waals surface area contributed by atoms with Gasteiger partial charge in [0, 0.05) is 11.3 Å². The summed E-state index contributed by atoms with van der Waals surface area (Å²) in [6.45, 7) is 11.4. The summed E-state index contributed by atoms with van der Waals surface area (Å²) >= 11 is 0. The molecule has 4 fully saturated rings. The Hall–Kier alpha value is -1.96. The number of nitro groups is 1. The van der Waals surface area contributed by atoms with Gasteiger partial charge in [-0.25, -0.2) is 0 Å². The molecule has 4 heterocycles. The first-order chi connectivity index (χ1) is 18.0. The zero-order valence-corrected chi connectivity index (χ0v) is 22.3. The molecule has 0 unspecified atom stereocenters. The van der Waals surface area contributed by atoms with E-state index in [1.807, 2.05) is 44.2 Å². The molecular formula is C27H37NO10. The first-order valence-corrected chi connectivity index (χ1v) is 13.1. The monoisotopic (exact) mass is 535 g/mol. The molecule has 0 saturated carbocycles. The summed E-state index contributed by atoms with van der Waals surface area (Å²) < 4.78 is 49.6. The van der Waals surface area contributed by atoms with Crippen molar-refractivity contribution in [2.45, 2.75) is 107 Å². The molecule has 1 aromatic carbocycles. The van der Waals surface area contributed by atoms with Crippen molar-refractivity contribution in [2.24, 2.45) is 0 Å². The van der Waals surface area contributed by atoms with E-state index in [1.54, 1.807) is 19.9 Å². The average molecular weight is 536 g/mol. The maximum absolute atomic E-state index is 11.1. The molecule has 0 aliphatic carbocycles. The minimum absolute atomic E-state index is 0.0960. The molecule has 0 spiro atoms. The second kappa shape index (κ2) is 10.5. The Balaban J connectivity index is 1.36. The maximum atomic E-state index is 11.1. The second-order valence-electron chi connectivity index (χ2n) is 11.1. The number of nitrogens with zero attached hydrogens (tertiary/aromatic N) is 1. The Kier molecular flexibility index (Phi) is 7.66. The molecule has 4 saturated heterocycles. The Morgan fingerprint density at radius 1 is 1.03 bits per heavy atom. The molecule has 4 aliphatic rings. The van der Waals surface area contributed by atoms with Crippen molar-refractivity contribution in [2.75, 3.05) is 13.2 Å². The van der Waals surface area contributed by atoms with E-state index in [0.717, 1.165) is 5.56 Å². The molecule has 0 bridgehead atoms. The summed E-state index contributed by atoms with van der Waals surface area (Å²) in [5.41, 5.74) is 0.0557. The molecular weight excluding hydrogens is 498 g/mol. The number of rotatable bonds is 11. The van der Waals surface area contributed by atoms with Crippen LogP contribution in [0.5, 0.6) is 0 Å². The Labute approximate surface area is 222 Å². The van der Waals surface area contributed by atoms with Crippen molar-refractivity contribution in [1.82, 2.24) is 0 Å². The normalized spacial score (nSPS) is 38.7. The van der Waals surface area contributed by atoms with Gasteiger partial charge in [0.25, 0.3) is 0 Å². The molecule has 8 atom stereocenters. The molecule has 0 amide bonds. The van der Waals surface area contributed by atoms with E-state index >= 15 is 0 Å². The highest BCUT2D eigenvalue weighted by molar-refractivity contribution is 5.15. The molecule has 1 aromatic rings. The zero-order chi connectivity index (χ0) is 27.1. The van der Waals surface area contributed by atoms with Crippen molar-refractivity contribution >= 4 is 0 Å². The Morgan fingerprint density at radius 3 is 2.45 bits per heavy atom. The van der Waals surface area contributed by atoms with Gasteiger partial charge in [-0.3, -0.25) is 10.1 Å². The number of fused-ring (bicyclic) bond motifs is 2. The largest absolute Gasteiger partial charge is 0.370 e. The van der Waals surface area contributed by atoms with Gasteiger partial charge in [-0.1, -0.05) is 36.4 Å². The standard InChI is InChI=1S/C27H37NO10/c1-6-13-27(32-15-17-10-8-7-9-11-17)19(34-24-22(27)36-26(4,5)38-24)16-31-20-18(12-14-28(29)30)33-23-21(20)35-25(2,3)37-23/h6-11,18-24H,1,12-16H2,2-5H3/t18-,19-,20+,21-,22+,23-,24-,27-/m1/s1. The molecule has 0 N–H and O–H groups in total. The number of ether oxygens (including phenoxy) is 8. The van der Waals surface area contributed by atoms with E-state index in [0.29, 0.717) is 13.0 Å². The van der Waals surface area contributed by atoms with Crippen molar-refractivity contribution in [3.63, 3.8) is 0 Å². The van der Waals surface area contributed by atoms with Crippen LogP contribution in [-0.4, -0.2) is 78.4 Å². The Bertz CT molecular complexity index is 1000. The number of hydrogen-bond donors (Lipinski definition) is 0. The van der Waals surface area contributed by atoms with Crippen LogP contribution in [0, 0.1) is 10.1 Å². The van der Waals surface area contributed by atoms with Crippen LogP contribution in [0.4, 0.5) is 0 Å². The summed E-state index contributed by atoms with van der Waals surface area (Å²) in [7, 11) is 0. The number of benzene rings is 1. The number of hydrogen-bond acceptors (Lipinski definition) is 10. The van der Waals surface area contributed by atoms with E-state index in [-0.39, 0.29) is 24.5 Å². The fraction of sp³-hybridized carbons (Fsp3) is 0.704. The third kappa shape index (κ3) is 5.52. The van der Waals surface area contributed by atoms with E-state index in [1.165, 1.54) is 0 Å². The lowest BCUT2D eigenvalue weighted by Crippen LogP contribution is -2.53. The molecule has 0 aromatic heterocycles. The van der Waals surface area contributed by atoms with Crippen LogP contribution in [0.2, 0.25) is 0 Å². The minimum atomic E-state index is -0.947. The maximum Gasteiger partial charge on any atom is 0.206 e. The molecule has 38 heavy (non-hydrogen) atoms. The van der Waals surface area contributed by atoms with Crippen LogP contribution < -0.4 is 0 Å². The van der Waals surface area contributed by atoms with Crippen LogP contribution in [-0.2, 0) is 44.5 Å². The lowest BCUT2D eigenvalue weighted by Gasteiger charge is -2.38. The second-order valence-corrected chi connectivity index (χ2v) is 11.1. The predicted octanol–water partition coefficient (Wildman–Crippen LogP) is 3.32. The van der Waals surface area contributed by atoms with Gasteiger partial charge in [-0.05, 0) is 39.7 Å². The molecule has 11 heteroatoms. The lowest BCUT2D eigenvalue weighted by atomic mass is 9.88. The van der Waals surface area contributed by atoms with Crippen LogP contribution in [0.25, 0.3) is 0 Å². The first-order valence-electron chi connectivity index (χ1n) is 13.1. The van der Waals surface area contributed by atoms with Crippen LogP contribution in [0.15, 0.2) is 43.0 Å². The van der Waals surface area contributed by atoms with Gasteiger partial charge < -0.3 is 37.9 Å². The predicted molar refractivity (Wildman–Crippen MR) is 132 cm³/mol. The molecule has 5 rings (SSSR count). The van der Waals surface area contributed by atoms with Crippen LogP contribution >= 0.6 is 0 Å². The van der Waals surface area contributed by atoms with Gasteiger partial charge in [-0.2, -0.15) is 0 Å². The quantitative estimate of drug-likeness (QED) is 0.237. The van der Waals surface area contributed by atoms with Crippen molar-refractivity contribution in [1.29, 1.82) is 0 Å². The van der Waals surface area contributed by atoms with Gasteiger partial charge in [0.1, 0.15) is 30.0 Å². The lowest BCUT2D eigenvalue weighted by molar-refractivity contribution is -0.482. The molecule has 11 nitrogen and oxygen atoms in total. The summed E-state index contributed by atoms with van der Waals surface area (Å²) in [6.07, 6.45) is -1.76. The Morgan fingerprint density at radius 2 is 1.74 bits per heavy atom. The van der Waals surface area contributed by atoms with E-state index in [4.69, 9.17) is 37.9 Å². The van der Waals surface area contributed by atoms with E-state index in [2.05, 4.69) is 6.58 Å². The topological polar surface area (TPSA) is 117 Å². The highest BCUT2D eigenvalue weighted by Gasteiger charge is 2.64. The first kappa shape index (κ1) is 27.6. The summed E-state index contributed by atoms with van der Waals surface area (Å²) in [5, 5.41) is 11.1. The van der Waals surface area contributed by atoms with Gasteiger partial charge in [0.15, 0.2) is 24.2 Å². The average Bonchev–Trinajstić information content (AvgIpc) is 3.51. The highest BCUT2D eigenvalue weighted by atomic mass is 16.9. The molecule has 4 aliphatic heterocycles. The zero-order valence-electron chi connectivity index (χ0n) is 22.3. The third-order valence-electron chi connectivity index (χ3n) is 7.32. The van der Waals surface area contributed by atoms with Crippen molar-refractivity contribution < 1.29 is 42.8 Å². The van der Waals surface area contributed by atoms with Gasteiger partial charge in [0.2, 0.25) is 6.54 Å². The molecule has 210 valence electrons. The van der Waals surface area contributed by atoms with E-state index in [9.17, 15) is 10.1 Å². The van der Waals surface area contributed by atoms with Crippen molar-refractivity contribution in [3.8, 4) is 0 Å². The van der Waals surface area contributed by atoms with E-state index < -0.39 is 60.3 Å². The highest BCUT2D eigenvalue weighted by Crippen LogP contribution is 2.48. The smallest absolute Gasteiger partial charge is 0.206 e.